The summed E-state index contributed by atoms with van der Waals surface area (Å²) in [7, 11) is 0. The smallest absolute Gasteiger partial charge is 0.417 e. The van der Waals surface area contributed by atoms with Gasteiger partial charge in [0.2, 0.25) is 0 Å². The fraction of sp³-hybridized carbons (Fsp3) is 0.182. The summed E-state index contributed by atoms with van der Waals surface area (Å²) in [5, 5.41) is 12.2. The highest BCUT2D eigenvalue weighted by Crippen LogP contribution is 2.33. The van der Waals surface area contributed by atoms with Crippen molar-refractivity contribution in [3.8, 4) is 0 Å². The number of alkyl halides is 3. The average Bonchev–Trinajstić information content (AvgIpc) is 3.10. The number of rotatable bonds is 5. The van der Waals surface area contributed by atoms with Crippen LogP contribution >= 0.6 is 0 Å². The molecular formula is C22H18F3N3O2. The number of aromatic nitrogens is 1. The van der Waals surface area contributed by atoms with Crippen LogP contribution in [-0.4, -0.2) is 27.0 Å². The van der Waals surface area contributed by atoms with E-state index in [-0.39, 0.29) is 11.9 Å². The van der Waals surface area contributed by atoms with E-state index >= 15 is 0 Å². The third kappa shape index (κ3) is 4.07. The minimum absolute atomic E-state index is 0.125. The first-order valence-electron chi connectivity index (χ1n) is 9.28. The number of allylic oxidation sites excluding steroid dienone is 1. The second-order valence-electron chi connectivity index (χ2n) is 7.08. The first-order valence-corrected chi connectivity index (χ1v) is 9.28. The third-order valence-electron chi connectivity index (χ3n) is 5.04. The van der Waals surface area contributed by atoms with Crippen molar-refractivity contribution < 1.29 is 23.1 Å². The van der Waals surface area contributed by atoms with Gasteiger partial charge in [0.25, 0.3) is 0 Å². The molecule has 0 radical (unpaired) electrons. The number of hydrogen-bond donors (Lipinski definition) is 2. The maximum absolute atomic E-state index is 12.9. The number of anilines is 1. The number of halogens is 3. The van der Waals surface area contributed by atoms with E-state index in [4.69, 9.17) is 0 Å². The molecule has 0 bridgehead atoms. The van der Waals surface area contributed by atoms with E-state index in [2.05, 4.69) is 27.3 Å². The Morgan fingerprint density at radius 3 is 2.73 bits per heavy atom. The number of nitrogens with zero attached hydrogens (tertiary/aromatic N) is 2. The summed E-state index contributed by atoms with van der Waals surface area (Å²) in [5.74, 6) is -1.60. The van der Waals surface area contributed by atoms with Crippen LogP contribution in [0.1, 0.15) is 27.9 Å². The molecule has 0 saturated carbocycles. The zero-order valence-corrected chi connectivity index (χ0v) is 15.7. The van der Waals surface area contributed by atoms with Crippen molar-refractivity contribution in [3.63, 3.8) is 0 Å². The molecule has 2 N–H and O–H groups in total. The molecule has 2 aromatic rings. The lowest BCUT2D eigenvalue weighted by molar-refractivity contribution is -0.137. The first-order chi connectivity index (χ1) is 14.3. The molecule has 0 spiro atoms. The molecule has 0 saturated heterocycles. The van der Waals surface area contributed by atoms with Gasteiger partial charge in [0.15, 0.2) is 0 Å². The molecule has 30 heavy (non-hydrogen) atoms. The van der Waals surface area contributed by atoms with E-state index in [1.807, 2.05) is 42.6 Å². The molecule has 2 heterocycles. The highest BCUT2D eigenvalue weighted by Gasteiger charge is 2.33. The molecule has 1 aliphatic heterocycles. The van der Waals surface area contributed by atoms with Gasteiger partial charge in [0.05, 0.1) is 11.6 Å². The number of benzene rings is 1. The van der Waals surface area contributed by atoms with Gasteiger partial charge in [-0.15, -0.1) is 0 Å². The summed E-state index contributed by atoms with van der Waals surface area (Å²) in [6.07, 6.45) is 4.40. The molecule has 1 aliphatic carbocycles. The predicted molar refractivity (Wildman–Crippen MR) is 106 cm³/mol. The van der Waals surface area contributed by atoms with Gasteiger partial charge in [-0.1, -0.05) is 36.4 Å². The summed E-state index contributed by atoms with van der Waals surface area (Å²) in [4.78, 5) is 17.4. The van der Waals surface area contributed by atoms with Crippen LogP contribution in [0.5, 0.6) is 0 Å². The lowest BCUT2D eigenvalue weighted by Gasteiger charge is -2.28. The summed E-state index contributed by atoms with van der Waals surface area (Å²) in [6, 6.07) is 10.8. The Hall–Kier alpha value is -3.55. The lowest BCUT2D eigenvalue weighted by Crippen LogP contribution is -2.29. The third-order valence-corrected chi connectivity index (χ3v) is 5.04. The largest absolute Gasteiger partial charge is 0.478 e. The van der Waals surface area contributed by atoms with Gasteiger partial charge < -0.3 is 15.3 Å². The number of hydrogen-bond acceptors (Lipinski definition) is 4. The van der Waals surface area contributed by atoms with Crippen molar-refractivity contribution in [1.82, 2.24) is 9.88 Å². The van der Waals surface area contributed by atoms with Crippen molar-refractivity contribution in [2.75, 3.05) is 5.32 Å². The Labute approximate surface area is 170 Å². The zero-order valence-electron chi connectivity index (χ0n) is 15.7. The molecule has 4 rings (SSSR count). The van der Waals surface area contributed by atoms with Crippen molar-refractivity contribution in [3.05, 3.63) is 95.0 Å². The molecule has 2 aliphatic rings. The van der Waals surface area contributed by atoms with Crippen LogP contribution in [0.25, 0.3) is 0 Å². The lowest BCUT2D eigenvalue weighted by atomic mass is 9.98. The Balaban J connectivity index is 1.50. The second kappa shape index (κ2) is 7.70. The monoisotopic (exact) mass is 413 g/mol. The van der Waals surface area contributed by atoms with E-state index in [0.717, 1.165) is 12.1 Å². The Kier molecular flexibility index (Phi) is 5.07. The van der Waals surface area contributed by atoms with Gasteiger partial charge in [-0.05, 0) is 35.8 Å². The van der Waals surface area contributed by atoms with E-state index in [9.17, 15) is 23.1 Å². The van der Waals surface area contributed by atoms with Gasteiger partial charge in [0, 0.05) is 24.6 Å². The van der Waals surface area contributed by atoms with Gasteiger partial charge in [-0.25, -0.2) is 9.78 Å². The molecule has 154 valence electrons. The SMILES string of the molecule is O=C(O)c1cc(C(F)(F)F)cnc1NC1=CCC2C(=C1)C=CN2Cc1ccccc1. The predicted octanol–water partition coefficient (Wildman–Crippen LogP) is 4.82. The number of nitrogens with one attached hydrogen (secondary N) is 1. The molecule has 0 fully saturated rings. The summed E-state index contributed by atoms with van der Waals surface area (Å²) in [6.45, 7) is 0.763. The van der Waals surface area contributed by atoms with Gasteiger partial charge in [-0.2, -0.15) is 13.2 Å². The molecule has 1 atom stereocenters. The van der Waals surface area contributed by atoms with Crippen LogP contribution in [0.15, 0.2) is 78.3 Å². The average molecular weight is 413 g/mol. The molecule has 8 heteroatoms. The van der Waals surface area contributed by atoms with Crippen LogP contribution in [0, 0.1) is 0 Å². The van der Waals surface area contributed by atoms with Crippen LogP contribution in [0.3, 0.4) is 0 Å². The number of pyridine rings is 1. The van der Waals surface area contributed by atoms with Crippen molar-refractivity contribution in [1.29, 1.82) is 0 Å². The van der Waals surface area contributed by atoms with Crippen LogP contribution in [0.4, 0.5) is 19.0 Å². The maximum atomic E-state index is 12.9. The summed E-state index contributed by atoms with van der Waals surface area (Å²) >= 11 is 0. The standard InChI is InChI=1S/C22H18F3N3O2/c23-22(24,25)16-11-18(21(29)30)20(26-12-16)27-17-6-7-19-15(10-17)8-9-28(19)13-14-4-2-1-3-5-14/h1-6,8-12,19H,7,13H2,(H,26,27)(H,29,30). The highest BCUT2D eigenvalue weighted by molar-refractivity contribution is 5.93. The molecular weight excluding hydrogens is 395 g/mol. The summed E-state index contributed by atoms with van der Waals surface area (Å²) < 4.78 is 38.6. The Bertz CT molecular complexity index is 1060. The number of carbonyl (C=O) groups is 1. The topological polar surface area (TPSA) is 65.5 Å². The number of carboxylic acids is 1. The highest BCUT2D eigenvalue weighted by atomic mass is 19.4. The van der Waals surface area contributed by atoms with E-state index < -0.39 is 23.3 Å². The quantitative estimate of drug-likeness (QED) is 0.736. The fourth-order valence-electron chi connectivity index (χ4n) is 3.54. The number of fused-ring (bicyclic) bond motifs is 1. The molecule has 0 amide bonds. The number of carboxylic acid groups (broad SMARTS) is 1. The maximum Gasteiger partial charge on any atom is 0.417 e. The normalized spacial score (nSPS) is 18.0. The van der Waals surface area contributed by atoms with Crippen molar-refractivity contribution in [2.24, 2.45) is 0 Å². The second-order valence-corrected chi connectivity index (χ2v) is 7.08. The van der Waals surface area contributed by atoms with Gasteiger partial charge >= 0.3 is 12.1 Å². The van der Waals surface area contributed by atoms with Crippen LogP contribution in [-0.2, 0) is 12.7 Å². The first kappa shape index (κ1) is 19.8. The molecule has 1 aromatic heterocycles. The molecule has 5 nitrogen and oxygen atoms in total. The van der Waals surface area contributed by atoms with E-state index in [1.54, 1.807) is 0 Å². The van der Waals surface area contributed by atoms with Gasteiger partial charge in [0.1, 0.15) is 11.4 Å². The zero-order chi connectivity index (χ0) is 21.3. The Morgan fingerprint density at radius 1 is 1.27 bits per heavy atom. The molecule has 1 unspecified atom stereocenters. The van der Waals surface area contributed by atoms with Gasteiger partial charge in [-0.3, -0.25) is 0 Å². The van der Waals surface area contributed by atoms with Crippen molar-refractivity contribution >= 4 is 11.8 Å². The van der Waals surface area contributed by atoms with Crippen LogP contribution < -0.4 is 5.32 Å². The van der Waals surface area contributed by atoms with Crippen LogP contribution in [0.2, 0.25) is 0 Å². The van der Waals surface area contributed by atoms with E-state index in [1.165, 1.54) is 5.56 Å². The van der Waals surface area contributed by atoms with Crippen molar-refractivity contribution in [2.45, 2.75) is 25.2 Å². The number of aromatic carboxylic acids is 1. The Morgan fingerprint density at radius 2 is 2.03 bits per heavy atom. The molecule has 1 aromatic carbocycles. The fourth-order valence-corrected chi connectivity index (χ4v) is 3.54. The summed E-state index contributed by atoms with van der Waals surface area (Å²) in [5.41, 5.74) is 1.20. The van der Waals surface area contributed by atoms with E-state index in [0.29, 0.717) is 24.4 Å². The minimum Gasteiger partial charge on any atom is -0.478 e. The minimum atomic E-state index is -4.66.